The van der Waals surface area contributed by atoms with Gasteiger partial charge in [-0.1, -0.05) is 25.5 Å². The average Bonchev–Trinajstić information content (AvgIpc) is 2.37. The van der Waals surface area contributed by atoms with Gasteiger partial charge in [0.1, 0.15) is 0 Å². The zero-order chi connectivity index (χ0) is 13.8. The largest absolute Gasteiger partial charge is 0.394 e. The molecule has 0 heterocycles. The molecule has 0 saturated carbocycles. The van der Waals surface area contributed by atoms with Crippen LogP contribution in [-0.2, 0) is 0 Å². The Morgan fingerprint density at radius 3 is 1.89 bits per heavy atom. The third-order valence-corrected chi connectivity index (χ3v) is 2.59. The van der Waals surface area contributed by atoms with Crippen molar-refractivity contribution >= 4 is 0 Å². The summed E-state index contributed by atoms with van der Waals surface area (Å²) in [5, 5.41) is 36.4. The number of hydrogen-bond donors (Lipinski definition) is 4. The molecule has 0 spiro atoms. The van der Waals surface area contributed by atoms with Gasteiger partial charge in [-0.05, 0) is 12.8 Å². The molecular weight excluding hydrogens is 234 g/mol. The van der Waals surface area contributed by atoms with Crippen molar-refractivity contribution in [3.8, 4) is 0 Å². The Bertz CT molecular complexity index is 199. The van der Waals surface area contributed by atoms with Gasteiger partial charge in [-0.15, -0.1) is 0 Å². The Hall–Kier alpha value is -0.460. The maximum atomic E-state index is 9.40. The minimum absolute atomic E-state index is 0.294. The van der Waals surface area contributed by atoms with Crippen molar-refractivity contribution < 1.29 is 20.4 Å². The summed E-state index contributed by atoms with van der Waals surface area (Å²) in [6.07, 6.45) is 5.57. The van der Waals surface area contributed by atoms with E-state index in [9.17, 15) is 10.2 Å². The third kappa shape index (κ3) is 9.56. The Labute approximate surface area is 109 Å². The van der Waals surface area contributed by atoms with E-state index < -0.39 is 12.2 Å². The van der Waals surface area contributed by atoms with Crippen molar-refractivity contribution in [1.29, 1.82) is 0 Å². The number of rotatable bonds is 11. The summed E-state index contributed by atoms with van der Waals surface area (Å²) in [7, 11) is 0. The first-order valence-electron chi connectivity index (χ1n) is 6.59. The molecule has 0 aromatic rings. The zero-order valence-electron chi connectivity index (χ0n) is 11.2. The monoisotopic (exact) mass is 261 g/mol. The molecule has 0 aliphatic heterocycles. The summed E-state index contributed by atoms with van der Waals surface area (Å²) < 4.78 is 0. The molecule has 108 valence electrons. The number of unbranched alkanes of at least 4 members (excludes halogenated alkanes) is 1. The Kier molecular flexibility index (Phi) is 11.3. The standard InChI is InChI=1S/C13H27NO4/c1-2-3-4-5-6-7-14(8-12(17)10-15)9-13(18)11-16/h4-5,12-13,15-18H,2-3,6-11H2,1H3/b5-4+. The van der Waals surface area contributed by atoms with Crippen LogP contribution in [0.15, 0.2) is 12.2 Å². The van der Waals surface area contributed by atoms with E-state index >= 15 is 0 Å². The maximum absolute atomic E-state index is 9.40. The second-order valence-corrected chi connectivity index (χ2v) is 4.48. The van der Waals surface area contributed by atoms with Gasteiger partial charge in [0, 0.05) is 19.6 Å². The Balaban J connectivity index is 4.03. The van der Waals surface area contributed by atoms with Gasteiger partial charge in [-0.3, -0.25) is 4.90 Å². The lowest BCUT2D eigenvalue weighted by molar-refractivity contribution is 0.0239. The topological polar surface area (TPSA) is 84.2 Å². The molecule has 5 nitrogen and oxygen atoms in total. The predicted octanol–water partition coefficient (Wildman–Crippen LogP) is -0.259. The SMILES string of the molecule is CCC/C=C/CCN(CC(O)CO)CC(O)CO. The molecule has 0 amide bonds. The van der Waals surface area contributed by atoms with E-state index in [2.05, 4.69) is 19.1 Å². The van der Waals surface area contributed by atoms with E-state index in [1.165, 1.54) is 0 Å². The molecule has 0 aliphatic rings. The van der Waals surface area contributed by atoms with Gasteiger partial charge in [-0.25, -0.2) is 0 Å². The smallest absolute Gasteiger partial charge is 0.0897 e. The van der Waals surface area contributed by atoms with E-state index in [4.69, 9.17) is 10.2 Å². The van der Waals surface area contributed by atoms with Crippen molar-refractivity contribution in [2.75, 3.05) is 32.8 Å². The van der Waals surface area contributed by atoms with Crippen LogP contribution in [0.25, 0.3) is 0 Å². The summed E-state index contributed by atoms with van der Waals surface area (Å²) >= 11 is 0. The number of hydrogen-bond acceptors (Lipinski definition) is 5. The molecule has 0 radical (unpaired) electrons. The second kappa shape index (κ2) is 11.6. The summed E-state index contributed by atoms with van der Waals surface area (Å²) in [4.78, 5) is 1.85. The third-order valence-electron chi connectivity index (χ3n) is 2.59. The molecule has 5 heteroatoms. The van der Waals surface area contributed by atoms with Gasteiger partial charge >= 0.3 is 0 Å². The van der Waals surface area contributed by atoms with E-state index in [-0.39, 0.29) is 13.2 Å². The molecule has 0 fully saturated rings. The van der Waals surface area contributed by atoms with Crippen LogP contribution in [0.3, 0.4) is 0 Å². The fourth-order valence-corrected chi connectivity index (χ4v) is 1.63. The van der Waals surface area contributed by atoms with E-state index in [0.717, 1.165) is 19.3 Å². The van der Waals surface area contributed by atoms with Crippen LogP contribution >= 0.6 is 0 Å². The van der Waals surface area contributed by atoms with E-state index in [0.29, 0.717) is 19.6 Å². The van der Waals surface area contributed by atoms with Crippen LogP contribution in [0, 0.1) is 0 Å². The van der Waals surface area contributed by atoms with Crippen molar-refractivity contribution in [2.45, 2.75) is 38.4 Å². The summed E-state index contributed by atoms with van der Waals surface area (Å²) in [6, 6.07) is 0. The van der Waals surface area contributed by atoms with Crippen LogP contribution in [0.1, 0.15) is 26.2 Å². The maximum Gasteiger partial charge on any atom is 0.0897 e. The number of allylic oxidation sites excluding steroid dienone is 1. The first kappa shape index (κ1) is 17.5. The fourth-order valence-electron chi connectivity index (χ4n) is 1.63. The quantitative estimate of drug-likeness (QED) is 0.385. The molecular formula is C13H27NO4. The number of nitrogens with zero attached hydrogens (tertiary/aromatic N) is 1. The van der Waals surface area contributed by atoms with Crippen molar-refractivity contribution in [3.63, 3.8) is 0 Å². The summed E-state index contributed by atoms with van der Waals surface area (Å²) in [6.45, 7) is 2.82. The highest BCUT2D eigenvalue weighted by molar-refractivity contribution is 4.82. The van der Waals surface area contributed by atoms with E-state index in [1.807, 2.05) is 4.90 Å². The average molecular weight is 261 g/mol. The van der Waals surface area contributed by atoms with Gasteiger partial charge in [0.05, 0.1) is 25.4 Å². The minimum atomic E-state index is -0.810. The molecule has 0 saturated heterocycles. The van der Waals surface area contributed by atoms with Crippen molar-refractivity contribution in [3.05, 3.63) is 12.2 Å². The van der Waals surface area contributed by atoms with Gasteiger partial charge in [-0.2, -0.15) is 0 Å². The first-order chi connectivity index (χ1) is 8.63. The highest BCUT2D eigenvalue weighted by Crippen LogP contribution is 2.00. The summed E-state index contributed by atoms with van der Waals surface area (Å²) in [5.74, 6) is 0. The second-order valence-electron chi connectivity index (χ2n) is 4.48. The molecule has 0 bridgehead atoms. The fraction of sp³-hybridized carbons (Fsp3) is 0.846. The molecule has 0 aromatic carbocycles. The normalized spacial score (nSPS) is 15.4. The molecule has 0 rings (SSSR count). The zero-order valence-corrected chi connectivity index (χ0v) is 11.2. The molecule has 2 unspecified atom stereocenters. The molecule has 18 heavy (non-hydrogen) atoms. The van der Waals surface area contributed by atoms with Gasteiger partial charge in [0.25, 0.3) is 0 Å². The Morgan fingerprint density at radius 1 is 0.944 bits per heavy atom. The van der Waals surface area contributed by atoms with Crippen molar-refractivity contribution in [1.82, 2.24) is 4.90 Å². The lowest BCUT2D eigenvalue weighted by Crippen LogP contribution is -2.40. The lowest BCUT2D eigenvalue weighted by atomic mass is 10.2. The molecule has 2 atom stereocenters. The van der Waals surface area contributed by atoms with Crippen LogP contribution in [0.4, 0.5) is 0 Å². The van der Waals surface area contributed by atoms with Gasteiger partial charge < -0.3 is 20.4 Å². The summed E-state index contributed by atoms with van der Waals surface area (Å²) in [5.41, 5.74) is 0. The van der Waals surface area contributed by atoms with E-state index in [1.54, 1.807) is 0 Å². The first-order valence-corrected chi connectivity index (χ1v) is 6.59. The number of aliphatic hydroxyl groups is 4. The van der Waals surface area contributed by atoms with Crippen LogP contribution in [-0.4, -0.2) is 70.4 Å². The highest BCUT2D eigenvalue weighted by Gasteiger charge is 2.14. The molecule has 4 N–H and O–H groups in total. The van der Waals surface area contributed by atoms with Gasteiger partial charge in [0.2, 0.25) is 0 Å². The highest BCUT2D eigenvalue weighted by atomic mass is 16.3. The lowest BCUT2D eigenvalue weighted by Gasteiger charge is -2.25. The van der Waals surface area contributed by atoms with Crippen LogP contribution in [0.2, 0.25) is 0 Å². The Morgan fingerprint density at radius 2 is 1.44 bits per heavy atom. The predicted molar refractivity (Wildman–Crippen MR) is 71.3 cm³/mol. The number of aliphatic hydroxyl groups excluding tert-OH is 4. The molecule has 0 aliphatic carbocycles. The van der Waals surface area contributed by atoms with Gasteiger partial charge in [0.15, 0.2) is 0 Å². The minimum Gasteiger partial charge on any atom is -0.394 e. The van der Waals surface area contributed by atoms with Crippen LogP contribution in [0.5, 0.6) is 0 Å². The van der Waals surface area contributed by atoms with Crippen molar-refractivity contribution in [2.24, 2.45) is 0 Å². The van der Waals surface area contributed by atoms with Crippen LogP contribution < -0.4 is 0 Å². The molecule has 0 aromatic heterocycles.